The van der Waals surface area contributed by atoms with Crippen LogP contribution in [0.1, 0.15) is 19.8 Å². The third-order valence-corrected chi connectivity index (χ3v) is 3.20. The number of rotatable bonds is 4. The number of carboxylic acid groups (broad SMARTS) is 1. The van der Waals surface area contributed by atoms with Gasteiger partial charge in [0.25, 0.3) is 0 Å². The Hall–Kier alpha value is -0.650. The molecule has 1 aliphatic heterocycles. The van der Waals surface area contributed by atoms with Gasteiger partial charge in [-0.3, -0.25) is 4.90 Å². The minimum Gasteiger partial charge on any atom is -0.479 e. The van der Waals surface area contributed by atoms with Crippen molar-refractivity contribution in [1.82, 2.24) is 9.80 Å². The average Bonchev–Trinajstić information content (AvgIpc) is 2.17. The zero-order valence-electron chi connectivity index (χ0n) is 10.3. The lowest BCUT2D eigenvalue weighted by Gasteiger charge is -2.38. The molecule has 1 rings (SSSR count). The lowest BCUT2D eigenvalue weighted by atomic mass is 10.0. The van der Waals surface area contributed by atoms with Crippen LogP contribution < -0.4 is 0 Å². The second kappa shape index (κ2) is 5.12. The minimum absolute atomic E-state index is 0.201. The lowest BCUT2D eigenvalue weighted by molar-refractivity contribution is -0.158. The summed E-state index contributed by atoms with van der Waals surface area (Å²) in [7, 11) is 4.06. The topological polar surface area (TPSA) is 64.0 Å². The number of likely N-dealkylation sites (N-methyl/N-ethyl adjacent to an activating group) is 1. The third kappa shape index (κ3) is 3.43. The van der Waals surface area contributed by atoms with Crippen LogP contribution in [0.25, 0.3) is 0 Å². The number of aliphatic carboxylic acids is 1. The first-order valence-electron chi connectivity index (χ1n) is 5.67. The number of likely N-dealkylation sites (tertiary alicyclic amines) is 1. The van der Waals surface area contributed by atoms with Gasteiger partial charge in [0.05, 0.1) is 0 Å². The van der Waals surface area contributed by atoms with Gasteiger partial charge in [-0.05, 0) is 40.4 Å². The van der Waals surface area contributed by atoms with Gasteiger partial charge in [-0.25, -0.2) is 4.79 Å². The number of piperidine rings is 1. The quantitative estimate of drug-likeness (QED) is 0.703. The smallest absolute Gasteiger partial charge is 0.336 e. The lowest BCUT2D eigenvalue weighted by Crippen LogP contribution is -2.52. The number of carboxylic acids is 1. The zero-order chi connectivity index (χ0) is 12.3. The first-order chi connectivity index (χ1) is 7.33. The summed E-state index contributed by atoms with van der Waals surface area (Å²) in [6.07, 6.45) is 2.19. The predicted octanol–water partition coefficient (Wildman–Crippen LogP) is -0.152. The van der Waals surface area contributed by atoms with E-state index in [0.29, 0.717) is 6.04 Å². The van der Waals surface area contributed by atoms with Gasteiger partial charge in [-0.1, -0.05) is 0 Å². The van der Waals surface area contributed by atoms with E-state index in [1.54, 1.807) is 0 Å². The molecular weight excluding hydrogens is 208 g/mol. The van der Waals surface area contributed by atoms with Crippen molar-refractivity contribution in [1.29, 1.82) is 0 Å². The second-order valence-electron chi connectivity index (χ2n) is 5.07. The Balaban J connectivity index is 2.52. The Morgan fingerprint density at radius 1 is 1.56 bits per heavy atom. The van der Waals surface area contributed by atoms with Crippen LogP contribution in [0.3, 0.4) is 0 Å². The van der Waals surface area contributed by atoms with E-state index >= 15 is 0 Å². The van der Waals surface area contributed by atoms with Crippen molar-refractivity contribution in [2.75, 3.05) is 33.7 Å². The van der Waals surface area contributed by atoms with Crippen LogP contribution in [-0.4, -0.2) is 71.4 Å². The van der Waals surface area contributed by atoms with Gasteiger partial charge in [0.2, 0.25) is 0 Å². The fourth-order valence-corrected chi connectivity index (χ4v) is 2.10. The summed E-state index contributed by atoms with van der Waals surface area (Å²) in [4.78, 5) is 15.0. The second-order valence-corrected chi connectivity index (χ2v) is 5.07. The van der Waals surface area contributed by atoms with Crippen LogP contribution in [0.2, 0.25) is 0 Å². The van der Waals surface area contributed by atoms with Gasteiger partial charge in [0, 0.05) is 19.1 Å². The van der Waals surface area contributed by atoms with Crippen molar-refractivity contribution in [2.45, 2.75) is 31.4 Å². The number of carbonyl (C=O) groups is 1. The van der Waals surface area contributed by atoms with E-state index in [4.69, 9.17) is 5.11 Å². The van der Waals surface area contributed by atoms with Gasteiger partial charge in [0.15, 0.2) is 5.60 Å². The van der Waals surface area contributed by atoms with Crippen molar-refractivity contribution in [2.24, 2.45) is 0 Å². The van der Waals surface area contributed by atoms with Crippen LogP contribution >= 0.6 is 0 Å². The Morgan fingerprint density at radius 3 is 2.69 bits per heavy atom. The molecule has 0 aromatic carbocycles. The van der Waals surface area contributed by atoms with Gasteiger partial charge < -0.3 is 15.1 Å². The summed E-state index contributed by atoms with van der Waals surface area (Å²) in [6, 6.07) is 0.457. The number of β-amino-alcohol motifs (C(OH)–C–C–N with tert-alkyl or cyclic N) is 1. The standard InChI is InChI=1S/C11H22N2O3/c1-11(16,10(14)15)8-13-6-4-5-9(7-13)12(2)3/h9,16H,4-8H2,1-3H3,(H,14,15). The van der Waals surface area contributed by atoms with Crippen molar-refractivity contribution < 1.29 is 15.0 Å². The minimum atomic E-state index is -1.64. The van der Waals surface area contributed by atoms with Crippen molar-refractivity contribution in [3.8, 4) is 0 Å². The van der Waals surface area contributed by atoms with Gasteiger partial charge in [0.1, 0.15) is 0 Å². The molecule has 1 saturated heterocycles. The molecule has 2 N–H and O–H groups in total. The van der Waals surface area contributed by atoms with Crippen molar-refractivity contribution >= 4 is 5.97 Å². The Morgan fingerprint density at radius 2 is 2.19 bits per heavy atom. The van der Waals surface area contributed by atoms with Crippen molar-refractivity contribution in [3.63, 3.8) is 0 Å². The Bertz CT molecular complexity index is 254. The summed E-state index contributed by atoms with van der Waals surface area (Å²) in [6.45, 7) is 3.26. The summed E-state index contributed by atoms with van der Waals surface area (Å²) >= 11 is 0. The summed E-state index contributed by atoms with van der Waals surface area (Å²) in [5.41, 5.74) is -1.64. The highest BCUT2D eigenvalue weighted by Gasteiger charge is 2.34. The molecule has 0 amide bonds. The maximum Gasteiger partial charge on any atom is 0.336 e. The number of nitrogens with zero attached hydrogens (tertiary/aromatic N) is 2. The van der Waals surface area contributed by atoms with E-state index in [1.807, 2.05) is 19.0 Å². The molecule has 0 aromatic rings. The molecule has 0 bridgehead atoms. The number of hydrogen-bond donors (Lipinski definition) is 2. The van der Waals surface area contributed by atoms with Crippen LogP contribution in [-0.2, 0) is 4.79 Å². The molecule has 0 aromatic heterocycles. The maximum atomic E-state index is 10.8. The largest absolute Gasteiger partial charge is 0.479 e. The maximum absolute atomic E-state index is 10.8. The molecule has 5 nitrogen and oxygen atoms in total. The van der Waals surface area contributed by atoms with E-state index in [9.17, 15) is 9.90 Å². The summed E-state index contributed by atoms with van der Waals surface area (Å²) in [5, 5.41) is 18.6. The van der Waals surface area contributed by atoms with E-state index in [-0.39, 0.29) is 6.54 Å². The van der Waals surface area contributed by atoms with E-state index < -0.39 is 11.6 Å². The fraction of sp³-hybridized carbons (Fsp3) is 0.909. The molecule has 0 aliphatic carbocycles. The first-order valence-corrected chi connectivity index (χ1v) is 5.67. The molecule has 16 heavy (non-hydrogen) atoms. The van der Waals surface area contributed by atoms with E-state index in [1.165, 1.54) is 6.92 Å². The summed E-state index contributed by atoms with van der Waals surface area (Å²) in [5.74, 6) is -1.15. The van der Waals surface area contributed by atoms with Crippen molar-refractivity contribution in [3.05, 3.63) is 0 Å². The molecule has 0 spiro atoms. The SMILES string of the molecule is CN(C)C1CCCN(CC(C)(O)C(=O)O)C1. The van der Waals surface area contributed by atoms with E-state index in [2.05, 4.69) is 4.90 Å². The molecule has 0 saturated carbocycles. The number of hydrogen-bond acceptors (Lipinski definition) is 4. The summed E-state index contributed by atoms with van der Waals surface area (Å²) < 4.78 is 0. The van der Waals surface area contributed by atoms with Gasteiger partial charge in [-0.2, -0.15) is 0 Å². The average molecular weight is 230 g/mol. The molecule has 1 fully saturated rings. The zero-order valence-corrected chi connectivity index (χ0v) is 10.3. The van der Waals surface area contributed by atoms with Gasteiger partial charge in [-0.15, -0.1) is 0 Å². The first kappa shape index (κ1) is 13.4. The Labute approximate surface area is 96.7 Å². The van der Waals surface area contributed by atoms with Gasteiger partial charge >= 0.3 is 5.97 Å². The molecule has 0 radical (unpaired) electrons. The van der Waals surface area contributed by atoms with Crippen LogP contribution in [0.5, 0.6) is 0 Å². The highest BCUT2D eigenvalue weighted by atomic mass is 16.4. The molecular formula is C11H22N2O3. The number of aliphatic hydroxyl groups is 1. The fourth-order valence-electron chi connectivity index (χ4n) is 2.10. The van der Waals surface area contributed by atoms with Crippen LogP contribution in [0.4, 0.5) is 0 Å². The normalized spacial score (nSPS) is 26.7. The van der Waals surface area contributed by atoms with Crippen LogP contribution in [0.15, 0.2) is 0 Å². The van der Waals surface area contributed by atoms with Crippen LogP contribution in [0, 0.1) is 0 Å². The monoisotopic (exact) mass is 230 g/mol. The highest BCUT2D eigenvalue weighted by molar-refractivity contribution is 5.76. The van der Waals surface area contributed by atoms with E-state index in [0.717, 1.165) is 25.9 Å². The molecule has 1 heterocycles. The molecule has 2 unspecified atom stereocenters. The third-order valence-electron chi connectivity index (χ3n) is 3.20. The molecule has 94 valence electrons. The molecule has 1 aliphatic rings. The Kier molecular flexibility index (Phi) is 4.29. The highest BCUT2D eigenvalue weighted by Crippen LogP contribution is 2.16. The molecule has 5 heteroatoms. The molecule has 2 atom stereocenters. The predicted molar refractivity (Wildman–Crippen MR) is 61.4 cm³/mol.